The summed E-state index contributed by atoms with van der Waals surface area (Å²) < 4.78 is 31.8. The van der Waals surface area contributed by atoms with Crippen molar-refractivity contribution in [2.45, 2.75) is 25.8 Å². The maximum absolute atomic E-state index is 13.9. The Hall–Kier alpha value is -1.49. The lowest BCUT2D eigenvalue weighted by Gasteiger charge is -2.36. The molecule has 19 heavy (non-hydrogen) atoms. The number of ether oxygens (including phenoxy) is 1. The first-order chi connectivity index (χ1) is 8.81. The summed E-state index contributed by atoms with van der Waals surface area (Å²) in [6.07, 6.45) is -0.00358. The number of nitrogens with zero attached hydrogens (tertiary/aromatic N) is 1. The first kappa shape index (κ1) is 15.6. The van der Waals surface area contributed by atoms with Gasteiger partial charge in [-0.05, 0) is 34.0 Å². The maximum Gasteiger partial charge on any atom is 0.308 e. The fourth-order valence-electron chi connectivity index (χ4n) is 1.91. The average Bonchev–Trinajstić information content (AvgIpc) is 2.28. The zero-order chi connectivity index (χ0) is 14.6. The lowest BCUT2D eigenvalue weighted by atomic mass is 9.87. The highest BCUT2D eigenvalue weighted by atomic mass is 19.1. The van der Waals surface area contributed by atoms with Crippen LogP contribution in [0.5, 0.6) is 0 Å². The summed E-state index contributed by atoms with van der Waals surface area (Å²) in [5.41, 5.74) is -0.615. The molecule has 3 nitrogen and oxygen atoms in total. The minimum Gasteiger partial charge on any atom is -0.466 e. The van der Waals surface area contributed by atoms with Crippen molar-refractivity contribution in [1.29, 1.82) is 0 Å². The molecule has 0 amide bonds. The van der Waals surface area contributed by atoms with E-state index in [2.05, 4.69) is 0 Å². The summed E-state index contributed by atoms with van der Waals surface area (Å²) in [6, 6.07) is 3.37. The van der Waals surface area contributed by atoms with Crippen LogP contribution in [-0.4, -0.2) is 31.6 Å². The number of carbonyl (C=O) groups excluding carboxylic acids is 1. The standard InChI is InChI=1S/C14H19F2NO2/c1-5-19-13(18)9-14(2,17(3)4)11-7-6-10(15)8-12(11)16/h6-8H,5,9H2,1-4H3. The molecule has 0 aromatic heterocycles. The summed E-state index contributed by atoms with van der Waals surface area (Å²) in [7, 11) is 3.48. The lowest BCUT2D eigenvalue weighted by molar-refractivity contribution is -0.146. The van der Waals surface area contributed by atoms with Gasteiger partial charge in [0.05, 0.1) is 18.6 Å². The molecular weight excluding hydrogens is 252 g/mol. The van der Waals surface area contributed by atoms with Gasteiger partial charge in [0.2, 0.25) is 0 Å². The molecule has 1 rings (SSSR count). The highest BCUT2D eigenvalue weighted by Crippen LogP contribution is 2.32. The number of esters is 1. The lowest BCUT2D eigenvalue weighted by Crippen LogP contribution is -2.41. The van der Waals surface area contributed by atoms with E-state index in [1.54, 1.807) is 32.8 Å². The molecule has 106 valence electrons. The number of hydrogen-bond donors (Lipinski definition) is 0. The Morgan fingerprint density at radius 2 is 2.00 bits per heavy atom. The second-order valence-electron chi connectivity index (χ2n) is 4.77. The smallest absolute Gasteiger partial charge is 0.308 e. The van der Waals surface area contributed by atoms with E-state index < -0.39 is 23.1 Å². The summed E-state index contributed by atoms with van der Waals surface area (Å²) >= 11 is 0. The molecule has 1 unspecified atom stereocenters. The Bertz CT molecular complexity index is 463. The van der Waals surface area contributed by atoms with Crippen molar-refractivity contribution in [2.24, 2.45) is 0 Å². The van der Waals surface area contributed by atoms with Gasteiger partial charge in [-0.1, -0.05) is 6.07 Å². The van der Waals surface area contributed by atoms with Crippen LogP contribution < -0.4 is 0 Å². The third-order valence-electron chi connectivity index (χ3n) is 3.29. The van der Waals surface area contributed by atoms with E-state index in [4.69, 9.17) is 4.74 Å². The Kier molecular flexibility index (Phi) is 5.00. The van der Waals surface area contributed by atoms with E-state index in [0.717, 1.165) is 6.07 Å². The molecule has 0 heterocycles. The summed E-state index contributed by atoms with van der Waals surface area (Å²) in [6.45, 7) is 3.71. The van der Waals surface area contributed by atoms with Crippen molar-refractivity contribution in [1.82, 2.24) is 4.90 Å². The third kappa shape index (κ3) is 3.50. The van der Waals surface area contributed by atoms with Gasteiger partial charge in [0.15, 0.2) is 0 Å². The number of carbonyl (C=O) groups is 1. The third-order valence-corrected chi connectivity index (χ3v) is 3.29. The number of benzene rings is 1. The molecule has 5 heteroatoms. The van der Waals surface area contributed by atoms with Crippen LogP contribution in [0.3, 0.4) is 0 Å². The molecular formula is C14H19F2NO2. The van der Waals surface area contributed by atoms with Gasteiger partial charge >= 0.3 is 5.97 Å². The van der Waals surface area contributed by atoms with E-state index in [-0.39, 0.29) is 18.6 Å². The van der Waals surface area contributed by atoms with Crippen molar-refractivity contribution in [3.05, 3.63) is 35.4 Å². The molecule has 1 atom stereocenters. The van der Waals surface area contributed by atoms with Gasteiger partial charge in [0.1, 0.15) is 11.6 Å². The van der Waals surface area contributed by atoms with E-state index in [9.17, 15) is 13.6 Å². The monoisotopic (exact) mass is 271 g/mol. The molecule has 0 aliphatic carbocycles. The highest BCUT2D eigenvalue weighted by molar-refractivity contribution is 5.71. The predicted octanol–water partition coefficient (Wildman–Crippen LogP) is 2.69. The quantitative estimate of drug-likeness (QED) is 0.771. The van der Waals surface area contributed by atoms with Crippen LogP contribution in [-0.2, 0) is 15.1 Å². The molecule has 0 aliphatic heterocycles. The van der Waals surface area contributed by atoms with Crippen LogP contribution in [0.15, 0.2) is 18.2 Å². The largest absolute Gasteiger partial charge is 0.466 e. The molecule has 0 bridgehead atoms. The average molecular weight is 271 g/mol. The van der Waals surface area contributed by atoms with Crippen LogP contribution >= 0.6 is 0 Å². The van der Waals surface area contributed by atoms with E-state index in [1.807, 2.05) is 0 Å². The Balaban J connectivity index is 3.14. The van der Waals surface area contributed by atoms with Crippen molar-refractivity contribution >= 4 is 5.97 Å². The second-order valence-corrected chi connectivity index (χ2v) is 4.77. The van der Waals surface area contributed by atoms with Crippen molar-refractivity contribution in [3.63, 3.8) is 0 Å². The molecule has 0 fully saturated rings. The van der Waals surface area contributed by atoms with E-state index in [0.29, 0.717) is 0 Å². The van der Waals surface area contributed by atoms with E-state index in [1.165, 1.54) is 12.1 Å². The Labute approximate surface area is 112 Å². The van der Waals surface area contributed by atoms with Gasteiger partial charge in [-0.25, -0.2) is 8.78 Å². The van der Waals surface area contributed by atoms with Crippen LogP contribution in [0.25, 0.3) is 0 Å². The van der Waals surface area contributed by atoms with E-state index >= 15 is 0 Å². The first-order valence-corrected chi connectivity index (χ1v) is 6.10. The minimum atomic E-state index is -0.885. The van der Waals surface area contributed by atoms with Crippen molar-refractivity contribution in [3.8, 4) is 0 Å². The molecule has 0 N–H and O–H groups in total. The molecule has 1 aromatic rings. The van der Waals surface area contributed by atoms with Gasteiger partial charge in [-0.3, -0.25) is 9.69 Å². The molecule has 1 aromatic carbocycles. The summed E-state index contributed by atoms with van der Waals surface area (Å²) in [4.78, 5) is 13.4. The molecule has 0 spiro atoms. The Morgan fingerprint density at radius 3 is 2.47 bits per heavy atom. The van der Waals surface area contributed by atoms with Crippen molar-refractivity contribution in [2.75, 3.05) is 20.7 Å². The highest BCUT2D eigenvalue weighted by Gasteiger charge is 2.35. The summed E-state index contributed by atoms with van der Waals surface area (Å²) in [5.74, 6) is -1.72. The first-order valence-electron chi connectivity index (χ1n) is 6.10. The predicted molar refractivity (Wildman–Crippen MR) is 68.6 cm³/mol. The summed E-state index contributed by atoms with van der Waals surface area (Å²) in [5, 5.41) is 0. The van der Waals surface area contributed by atoms with Crippen LogP contribution in [0, 0.1) is 11.6 Å². The topological polar surface area (TPSA) is 29.5 Å². The van der Waals surface area contributed by atoms with Gasteiger partial charge in [-0.15, -0.1) is 0 Å². The van der Waals surface area contributed by atoms with Crippen LogP contribution in [0.1, 0.15) is 25.8 Å². The molecule has 0 radical (unpaired) electrons. The van der Waals surface area contributed by atoms with Crippen LogP contribution in [0.2, 0.25) is 0 Å². The van der Waals surface area contributed by atoms with Gasteiger partial charge in [0, 0.05) is 11.6 Å². The number of hydrogen-bond acceptors (Lipinski definition) is 3. The molecule has 0 saturated heterocycles. The second kappa shape index (κ2) is 6.10. The van der Waals surface area contributed by atoms with Gasteiger partial charge in [0.25, 0.3) is 0 Å². The van der Waals surface area contributed by atoms with Crippen LogP contribution in [0.4, 0.5) is 8.78 Å². The molecule has 0 aliphatic rings. The Morgan fingerprint density at radius 1 is 1.37 bits per heavy atom. The fraction of sp³-hybridized carbons (Fsp3) is 0.500. The van der Waals surface area contributed by atoms with Gasteiger partial charge in [-0.2, -0.15) is 0 Å². The zero-order valence-corrected chi connectivity index (χ0v) is 11.7. The molecule has 0 saturated carbocycles. The minimum absolute atomic E-state index is 0.00358. The maximum atomic E-state index is 13.9. The zero-order valence-electron chi connectivity index (χ0n) is 11.7. The number of rotatable bonds is 5. The van der Waals surface area contributed by atoms with Crippen molar-refractivity contribution < 1.29 is 18.3 Å². The SMILES string of the molecule is CCOC(=O)CC(C)(c1ccc(F)cc1F)N(C)C. The number of halogens is 2. The van der Waals surface area contributed by atoms with Gasteiger partial charge < -0.3 is 4.74 Å². The normalized spacial score (nSPS) is 14.3. The fourth-order valence-corrected chi connectivity index (χ4v) is 1.91.